The Bertz CT molecular complexity index is 385. The molecule has 2 atom stereocenters. The van der Waals surface area contributed by atoms with Crippen molar-refractivity contribution in [3.63, 3.8) is 0 Å². The van der Waals surface area contributed by atoms with Gasteiger partial charge in [0.2, 0.25) is 0 Å². The molecule has 1 aromatic heterocycles. The van der Waals surface area contributed by atoms with Gasteiger partial charge in [-0.25, -0.2) is 0 Å². The summed E-state index contributed by atoms with van der Waals surface area (Å²) in [5.41, 5.74) is 0. The Morgan fingerprint density at radius 1 is 0.929 bits per heavy atom. The van der Waals surface area contributed by atoms with Crippen LogP contribution in [0.4, 0.5) is 0 Å². The van der Waals surface area contributed by atoms with Gasteiger partial charge in [-0.15, -0.1) is 23.5 Å². The molecule has 0 saturated carbocycles. The lowest BCUT2D eigenvalue weighted by atomic mass is 10.2. The number of fused-ring (bicyclic) bond motifs is 1. The number of carbonyl (C=O) groups excluding carboxylic acids is 1. The van der Waals surface area contributed by atoms with Gasteiger partial charge in [0.1, 0.15) is 0 Å². The maximum Gasteiger partial charge on any atom is 0.289 e. The van der Waals surface area contributed by atoms with Crippen molar-refractivity contribution in [1.29, 1.82) is 0 Å². The largest absolute Gasteiger partial charge is 0.297 e. The van der Waals surface area contributed by atoms with Crippen LogP contribution in [0.15, 0.2) is 13.2 Å². The summed E-state index contributed by atoms with van der Waals surface area (Å²) < 4.78 is 2.18. The van der Waals surface area contributed by atoms with Crippen LogP contribution < -0.4 is 4.06 Å². The number of rotatable bonds is 0. The Morgan fingerprint density at radius 3 is 1.79 bits per heavy atom. The standard InChI is InChI=1S/C8H8O2S4/c1-3-5(9)4(2)12-7-6(11-3)13-8(10)14-7/h3-4H,1-2H3/t3-,4+. The van der Waals surface area contributed by atoms with Gasteiger partial charge in [0.25, 0.3) is 4.06 Å². The molecule has 0 fully saturated rings. The molecule has 1 aromatic rings. The third-order valence-electron chi connectivity index (χ3n) is 1.89. The quantitative estimate of drug-likeness (QED) is 0.721. The number of hydrogen-bond acceptors (Lipinski definition) is 6. The molecule has 0 aromatic carbocycles. The highest BCUT2D eigenvalue weighted by Gasteiger charge is 2.29. The van der Waals surface area contributed by atoms with Gasteiger partial charge in [-0.2, -0.15) is 0 Å². The fourth-order valence-electron chi connectivity index (χ4n) is 1.17. The first-order chi connectivity index (χ1) is 6.58. The molecule has 1 aliphatic rings. The molecule has 0 radical (unpaired) electrons. The third kappa shape index (κ3) is 1.93. The molecule has 0 N–H and O–H groups in total. The second-order valence-corrected chi connectivity index (χ2v) is 8.40. The van der Waals surface area contributed by atoms with Crippen LogP contribution in [0.3, 0.4) is 0 Å². The van der Waals surface area contributed by atoms with Crippen molar-refractivity contribution in [2.24, 2.45) is 0 Å². The van der Waals surface area contributed by atoms with Crippen LogP contribution in [0.2, 0.25) is 0 Å². The average Bonchev–Trinajstić information content (AvgIpc) is 2.40. The van der Waals surface area contributed by atoms with E-state index in [-0.39, 0.29) is 20.3 Å². The summed E-state index contributed by atoms with van der Waals surface area (Å²) in [5, 5.41) is -0.0481. The first-order valence-electron chi connectivity index (χ1n) is 4.09. The monoisotopic (exact) mass is 264 g/mol. The number of hydrogen-bond donors (Lipinski definition) is 0. The lowest BCUT2D eigenvalue weighted by molar-refractivity contribution is -0.117. The van der Waals surface area contributed by atoms with Crippen LogP contribution in [0.1, 0.15) is 13.8 Å². The molecule has 1 aliphatic heterocycles. The molecule has 2 nitrogen and oxygen atoms in total. The highest BCUT2D eigenvalue weighted by Crippen LogP contribution is 2.44. The highest BCUT2D eigenvalue weighted by atomic mass is 32.2. The van der Waals surface area contributed by atoms with Crippen LogP contribution in [-0.4, -0.2) is 16.3 Å². The summed E-state index contributed by atoms with van der Waals surface area (Å²) in [6.45, 7) is 3.82. The zero-order valence-electron chi connectivity index (χ0n) is 7.60. The van der Waals surface area contributed by atoms with E-state index >= 15 is 0 Å². The van der Waals surface area contributed by atoms with Crippen LogP contribution in [0.25, 0.3) is 0 Å². The molecule has 2 heterocycles. The lowest BCUT2D eigenvalue weighted by Crippen LogP contribution is -2.21. The molecule has 6 heteroatoms. The van der Waals surface area contributed by atoms with E-state index in [1.807, 2.05) is 13.8 Å². The maximum atomic E-state index is 11.7. The van der Waals surface area contributed by atoms with Gasteiger partial charge in [0, 0.05) is 0 Å². The molecule has 0 unspecified atom stereocenters. The van der Waals surface area contributed by atoms with Gasteiger partial charge in [-0.1, -0.05) is 22.7 Å². The molecule has 14 heavy (non-hydrogen) atoms. The molecular weight excluding hydrogens is 256 g/mol. The molecule has 0 bridgehead atoms. The summed E-state index contributed by atoms with van der Waals surface area (Å²) in [6, 6.07) is 0. The lowest BCUT2D eigenvalue weighted by Gasteiger charge is -2.08. The van der Waals surface area contributed by atoms with E-state index in [0.717, 1.165) is 8.42 Å². The van der Waals surface area contributed by atoms with Crippen molar-refractivity contribution < 1.29 is 4.79 Å². The number of carbonyl (C=O) groups is 1. The minimum Gasteiger partial charge on any atom is -0.297 e. The van der Waals surface area contributed by atoms with Crippen LogP contribution >= 0.6 is 46.2 Å². The molecule has 0 saturated heterocycles. The fourth-order valence-corrected chi connectivity index (χ4v) is 6.96. The van der Waals surface area contributed by atoms with Gasteiger partial charge in [0.05, 0.1) is 18.9 Å². The van der Waals surface area contributed by atoms with Crippen LogP contribution in [0.5, 0.6) is 0 Å². The Kier molecular flexibility index (Phi) is 3.06. The van der Waals surface area contributed by atoms with Gasteiger partial charge in [-0.05, 0) is 13.8 Å². The first-order valence-corrected chi connectivity index (χ1v) is 7.48. The second-order valence-electron chi connectivity index (χ2n) is 2.95. The van der Waals surface area contributed by atoms with Gasteiger partial charge in [0.15, 0.2) is 5.78 Å². The zero-order valence-corrected chi connectivity index (χ0v) is 10.9. The van der Waals surface area contributed by atoms with Crippen molar-refractivity contribution in [1.82, 2.24) is 0 Å². The van der Waals surface area contributed by atoms with E-state index < -0.39 is 0 Å². The molecule has 0 spiro atoms. The summed E-state index contributed by atoms with van der Waals surface area (Å²) in [4.78, 5) is 22.9. The average molecular weight is 264 g/mol. The van der Waals surface area contributed by atoms with Crippen molar-refractivity contribution in [3.05, 3.63) is 8.85 Å². The topological polar surface area (TPSA) is 34.1 Å². The molecule has 76 valence electrons. The van der Waals surface area contributed by atoms with Gasteiger partial charge >= 0.3 is 0 Å². The van der Waals surface area contributed by atoms with Crippen LogP contribution in [0, 0.1) is 0 Å². The summed E-state index contributed by atoms with van der Waals surface area (Å²) >= 11 is 5.58. The van der Waals surface area contributed by atoms with E-state index in [9.17, 15) is 9.59 Å². The number of Topliss-reactive ketones (excluding diaryl/α,β-unsaturated/α-hetero) is 1. The SMILES string of the molecule is C[C@@H]1Sc2sc(=O)sc2S[C@H](C)C1=O. The first kappa shape index (κ1) is 10.7. The minimum absolute atomic E-state index is 0.0241. The van der Waals surface area contributed by atoms with E-state index in [1.54, 1.807) is 0 Å². The van der Waals surface area contributed by atoms with E-state index in [1.165, 1.54) is 46.2 Å². The normalized spacial score (nSPS) is 27.1. The number of ketones is 1. The Hall–Kier alpha value is 0.220. The predicted octanol–water partition coefficient (Wildman–Crippen LogP) is 2.71. The predicted molar refractivity (Wildman–Crippen MR) is 64.1 cm³/mol. The van der Waals surface area contributed by atoms with Crippen molar-refractivity contribution in [3.8, 4) is 0 Å². The smallest absolute Gasteiger partial charge is 0.289 e. The molecule has 0 amide bonds. The Balaban J connectivity index is 2.42. The van der Waals surface area contributed by atoms with E-state index in [0.29, 0.717) is 0 Å². The molecule has 2 rings (SSSR count). The molecular formula is C8H8O2S4. The summed E-state index contributed by atoms with van der Waals surface area (Å²) in [5.74, 6) is 0.267. The van der Waals surface area contributed by atoms with Crippen LogP contribution in [-0.2, 0) is 4.79 Å². The molecule has 0 aliphatic carbocycles. The van der Waals surface area contributed by atoms with E-state index in [2.05, 4.69) is 0 Å². The second kappa shape index (κ2) is 4.00. The maximum absolute atomic E-state index is 11.7. The Labute approximate surface area is 98.1 Å². The van der Waals surface area contributed by atoms with E-state index in [4.69, 9.17) is 0 Å². The third-order valence-corrected chi connectivity index (χ3v) is 7.10. The number of thioether (sulfide) groups is 2. The van der Waals surface area contributed by atoms with Crippen molar-refractivity contribution in [2.75, 3.05) is 0 Å². The summed E-state index contributed by atoms with van der Waals surface area (Å²) in [7, 11) is 0. The fraction of sp³-hybridized carbons (Fsp3) is 0.500. The Morgan fingerprint density at radius 2 is 1.36 bits per heavy atom. The van der Waals surface area contributed by atoms with Crippen molar-refractivity contribution >= 4 is 52.0 Å². The van der Waals surface area contributed by atoms with Gasteiger partial charge in [-0.3, -0.25) is 9.59 Å². The minimum atomic E-state index is -0.0241. The summed E-state index contributed by atoms with van der Waals surface area (Å²) in [6.07, 6.45) is 0. The highest BCUT2D eigenvalue weighted by molar-refractivity contribution is 8.07. The zero-order chi connectivity index (χ0) is 10.3. The van der Waals surface area contributed by atoms with Gasteiger partial charge < -0.3 is 0 Å². The van der Waals surface area contributed by atoms with Crippen molar-refractivity contribution in [2.45, 2.75) is 32.8 Å².